The van der Waals surface area contributed by atoms with Crippen molar-refractivity contribution in [3.8, 4) is 11.3 Å². The van der Waals surface area contributed by atoms with Crippen molar-refractivity contribution < 1.29 is 26.4 Å². The van der Waals surface area contributed by atoms with Crippen molar-refractivity contribution in [3.05, 3.63) is 56.7 Å². The van der Waals surface area contributed by atoms with Gasteiger partial charge >= 0.3 is 5.51 Å². The van der Waals surface area contributed by atoms with Gasteiger partial charge in [-0.25, -0.2) is 23.4 Å². The van der Waals surface area contributed by atoms with Gasteiger partial charge in [0, 0.05) is 35.2 Å². The Morgan fingerprint density at radius 2 is 1.92 bits per heavy atom. The lowest BCUT2D eigenvalue weighted by Gasteiger charge is -2.31. The Bertz CT molecular complexity index is 1630. The fraction of sp³-hybridized carbons (Fsp3) is 0.304. The Hall–Kier alpha value is -2.55. The first kappa shape index (κ1) is 27.0. The predicted octanol–water partition coefficient (Wildman–Crippen LogP) is 5.67. The maximum Gasteiger partial charge on any atom is 0.501 e. The number of hydrogen-bond acceptors (Lipinski definition) is 7. The summed E-state index contributed by atoms with van der Waals surface area (Å²) >= 11 is 10.7. The van der Waals surface area contributed by atoms with E-state index in [4.69, 9.17) is 11.6 Å². The molecular weight excluding hydrogens is 631 g/mol. The Balaban J connectivity index is 1.30. The summed E-state index contributed by atoms with van der Waals surface area (Å²) in [6.45, 7) is 1.12. The second-order valence-electron chi connectivity index (χ2n) is 8.67. The summed E-state index contributed by atoms with van der Waals surface area (Å²) < 4.78 is 65.3. The average Bonchev–Trinajstić information content (AvgIpc) is 3.46. The maximum atomic E-state index is 13.1. The zero-order chi connectivity index (χ0) is 27.2. The molecule has 1 fully saturated rings. The summed E-state index contributed by atoms with van der Waals surface area (Å²) in [7, 11) is -5.55. The fourth-order valence-corrected chi connectivity index (χ4v) is 7.14. The van der Waals surface area contributed by atoms with Crippen LogP contribution in [0.4, 0.5) is 13.2 Å². The standard InChI is InChI=1S/C23H18BrClF3N5O3S2/c24-15-8-14(9-16(10-15)38(35,36)23(26,27)28)19-20(25)37-22(31-19)13-3-6-32(7-4-13)18(34)11-33-12-30-17-2-1-5-29-21(17)33/h1-2,5,8-10,12-13H,3-4,6-7,11H2. The Morgan fingerprint density at radius 1 is 1.18 bits per heavy atom. The maximum absolute atomic E-state index is 13.1. The number of likely N-dealkylation sites (tertiary alicyclic amines) is 1. The van der Waals surface area contributed by atoms with Gasteiger partial charge in [0.2, 0.25) is 5.91 Å². The average molecular weight is 649 g/mol. The summed E-state index contributed by atoms with van der Waals surface area (Å²) in [6.07, 6.45) is 4.50. The second kappa shape index (κ2) is 10.2. The van der Waals surface area contributed by atoms with Crippen LogP contribution in [0.5, 0.6) is 0 Å². The molecule has 0 saturated carbocycles. The lowest BCUT2D eigenvalue weighted by Crippen LogP contribution is -2.39. The molecule has 5 rings (SSSR count). The van der Waals surface area contributed by atoms with Crippen LogP contribution in [0.3, 0.4) is 0 Å². The highest BCUT2D eigenvalue weighted by Crippen LogP contribution is 2.41. The number of benzene rings is 1. The molecule has 0 aliphatic carbocycles. The van der Waals surface area contributed by atoms with Gasteiger partial charge in [-0.05, 0) is 43.2 Å². The molecule has 0 radical (unpaired) electrons. The monoisotopic (exact) mass is 647 g/mol. The van der Waals surface area contributed by atoms with Crippen molar-refractivity contribution in [1.82, 2.24) is 24.4 Å². The number of carbonyl (C=O) groups is 1. The largest absolute Gasteiger partial charge is 0.501 e. The molecule has 0 bridgehead atoms. The number of imidazole rings is 1. The highest BCUT2D eigenvalue weighted by atomic mass is 79.9. The van der Waals surface area contributed by atoms with Gasteiger partial charge in [-0.2, -0.15) is 13.2 Å². The first-order chi connectivity index (χ1) is 17.9. The van der Waals surface area contributed by atoms with Crippen LogP contribution in [0.1, 0.15) is 23.8 Å². The molecule has 4 aromatic rings. The van der Waals surface area contributed by atoms with Crippen LogP contribution >= 0.6 is 38.9 Å². The predicted molar refractivity (Wildman–Crippen MR) is 140 cm³/mol. The molecule has 3 aromatic heterocycles. The van der Waals surface area contributed by atoms with Gasteiger partial charge in [-0.1, -0.05) is 27.5 Å². The third-order valence-corrected chi connectivity index (χ3v) is 9.58. The van der Waals surface area contributed by atoms with Gasteiger partial charge in [0.05, 0.1) is 16.2 Å². The number of carbonyl (C=O) groups excluding carboxylic acids is 1. The number of thiazole rings is 1. The lowest BCUT2D eigenvalue weighted by atomic mass is 9.97. The Kier molecular flexibility index (Phi) is 7.26. The van der Waals surface area contributed by atoms with Crippen molar-refractivity contribution in [2.75, 3.05) is 13.1 Å². The summed E-state index contributed by atoms with van der Waals surface area (Å²) in [5.74, 6) is -0.0598. The molecule has 1 saturated heterocycles. The second-order valence-corrected chi connectivity index (χ2v) is 13.2. The van der Waals surface area contributed by atoms with Crippen LogP contribution in [-0.4, -0.2) is 57.3 Å². The summed E-state index contributed by atoms with van der Waals surface area (Å²) in [5.41, 5.74) is -3.72. The van der Waals surface area contributed by atoms with Crippen molar-refractivity contribution in [1.29, 1.82) is 0 Å². The minimum absolute atomic E-state index is 0.00317. The third-order valence-electron chi connectivity index (χ3n) is 6.24. The van der Waals surface area contributed by atoms with Crippen LogP contribution in [0.2, 0.25) is 4.34 Å². The molecule has 4 heterocycles. The van der Waals surface area contributed by atoms with Gasteiger partial charge in [-0.15, -0.1) is 11.3 Å². The van der Waals surface area contributed by atoms with E-state index in [1.807, 2.05) is 6.07 Å². The van der Waals surface area contributed by atoms with Gasteiger partial charge in [0.25, 0.3) is 9.84 Å². The molecule has 0 atom stereocenters. The zero-order valence-corrected chi connectivity index (χ0v) is 23.3. The van der Waals surface area contributed by atoms with Crippen LogP contribution in [0.15, 0.2) is 52.2 Å². The number of alkyl halides is 3. The number of nitrogens with zero attached hydrogens (tertiary/aromatic N) is 5. The van der Waals surface area contributed by atoms with Gasteiger partial charge in [-0.3, -0.25) is 4.79 Å². The Labute approximate surface area is 232 Å². The van der Waals surface area contributed by atoms with E-state index in [1.165, 1.54) is 17.4 Å². The molecular formula is C23H18BrClF3N5O3S2. The van der Waals surface area contributed by atoms with Gasteiger partial charge in [0.15, 0.2) is 5.65 Å². The number of hydrogen-bond donors (Lipinski definition) is 0. The number of piperidine rings is 1. The minimum atomic E-state index is -5.55. The molecule has 0 unspecified atom stereocenters. The number of pyridine rings is 1. The quantitative estimate of drug-likeness (QED) is 0.277. The molecule has 38 heavy (non-hydrogen) atoms. The smallest absolute Gasteiger partial charge is 0.341 e. The molecule has 0 spiro atoms. The van der Waals surface area contributed by atoms with Crippen molar-refractivity contribution in [2.24, 2.45) is 0 Å². The van der Waals surface area contributed by atoms with Crippen LogP contribution in [0.25, 0.3) is 22.4 Å². The molecule has 1 aliphatic heterocycles. The van der Waals surface area contributed by atoms with E-state index in [1.54, 1.807) is 28.1 Å². The number of amides is 1. The summed E-state index contributed by atoms with van der Waals surface area (Å²) in [6, 6.07) is 6.89. The molecule has 1 aromatic carbocycles. The number of rotatable bonds is 5. The molecule has 8 nitrogen and oxygen atoms in total. The third kappa shape index (κ3) is 5.18. The van der Waals surface area contributed by atoms with Crippen LogP contribution in [0, 0.1) is 0 Å². The van der Waals surface area contributed by atoms with Crippen molar-refractivity contribution in [2.45, 2.75) is 35.7 Å². The van der Waals surface area contributed by atoms with E-state index < -0.39 is 20.2 Å². The van der Waals surface area contributed by atoms with Crippen LogP contribution < -0.4 is 0 Å². The van der Waals surface area contributed by atoms with E-state index >= 15 is 0 Å². The van der Waals surface area contributed by atoms with E-state index in [9.17, 15) is 26.4 Å². The van der Waals surface area contributed by atoms with Crippen LogP contribution in [-0.2, 0) is 21.2 Å². The molecule has 15 heteroatoms. The first-order valence-electron chi connectivity index (χ1n) is 11.3. The molecule has 200 valence electrons. The zero-order valence-electron chi connectivity index (χ0n) is 19.3. The van der Waals surface area contributed by atoms with Gasteiger partial charge in [0.1, 0.15) is 22.1 Å². The topological polar surface area (TPSA) is 98.1 Å². The Morgan fingerprint density at radius 3 is 2.63 bits per heavy atom. The number of halogens is 5. The number of fused-ring (bicyclic) bond motifs is 1. The molecule has 1 amide bonds. The van der Waals surface area contributed by atoms with Crippen molar-refractivity contribution >= 4 is 65.8 Å². The van der Waals surface area contributed by atoms with Crippen molar-refractivity contribution in [3.63, 3.8) is 0 Å². The SMILES string of the molecule is O=C(Cn1cnc2cccnc21)N1CCC(c2nc(-c3cc(Br)cc(S(=O)(=O)C(F)(F)F)c3)c(Cl)s2)CC1. The van der Waals surface area contributed by atoms with E-state index in [0.29, 0.717) is 42.1 Å². The highest BCUT2D eigenvalue weighted by molar-refractivity contribution is 9.10. The van der Waals surface area contributed by atoms with E-state index in [-0.39, 0.29) is 38.4 Å². The van der Waals surface area contributed by atoms with Gasteiger partial charge < -0.3 is 9.47 Å². The number of aromatic nitrogens is 4. The van der Waals surface area contributed by atoms with E-state index in [2.05, 4.69) is 30.9 Å². The highest BCUT2D eigenvalue weighted by Gasteiger charge is 2.47. The molecule has 0 N–H and O–H groups in total. The lowest BCUT2D eigenvalue weighted by molar-refractivity contribution is -0.132. The fourth-order valence-electron chi connectivity index (χ4n) is 4.29. The molecule has 1 aliphatic rings. The first-order valence-corrected chi connectivity index (χ1v) is 14.7. The minimum Gasteiger partial charge on any atom is -0.341 e. The van der Waals surface area contributed by atoms with E-state index in [0.717, 1.165) is 12.1 Å². The normalized spacial score (nSPS) is 15.3. The number of sulfone groups is 1. The summed E-state index contributed by atoms with van der Waals surface area (Å²) in [4.78, 5) is 26.9. The summed E-state index contributed by atoms with van der Waals surface area (Å²) in [5, 5.41) is 0.683.